The van der Waals surface area contributed by atoms with Gasteiger partial charge in [-0.05, 0) is 55.3 Å². The molecule has 0 aliphatic heterocycles. The van der Waals surface area contributed by atoms with E-state index in [0.717, 1.165) is 22.2 Å². The molecule has 0 radical (unpaired) electrons. The summed E-state index contributed by atoms with van der Waals surface area (Å²) in [6.07, 6.45) is 0.839. The molecule has 0 aliphatic rings. The Morgan fingerprint density at radius 2 is 2.00 bits per heavy atom. The number of hydrogen-bond acceptors (Lipinski definition) is 2. The topological polar surface area (TPSA) is 35.2 Å². The van der Waals surface area contributed by atoms with Crippen molar-refractivity contribution in [2.24, 2.45) is 5.73 Å². The van der Waals surface area contributed by atoms with Gasteiger partial charge in [-0.2, -0.15) is 0 Å². The second-order valence-corrected chi connectivity index (χ2v) is 5.59. The highest BCUT2D eigenvalue weighted by atomic mass is 79.9. The highest BCUT2D eigenvalue weighted by molar-refractivity contribution is 9.10. The Morgan fingerprint density at radius 1 is 1.21 bits per heavy atom. The van der Waals surface area contributed by atoms with Crippen molar-refractivity contribution in [1.82, 2.24) is 0 Å². The van der Waals surface area contributed by atoms with Crippen LogP contribution in [0.1, 0.15) is 11.1 Å². The molecule has 0 atom stereocenters. The molecule has 2 rings (SSSR count). The summed E-state index contributed by atoms with van der Waals surface area (Å²) < 4.78 is 6.81. The van der Waals surface area contributed by atoms with Crippen LogP contribution in [-0.4, -0.2) is 6.54 Å². The number of hydrogen-bond donors (Lipinski definition) is 1. The van der Waals surface area contributed by atoms with Crippen LogP contribution in [-0.2, 0) is 6.42 Å². The zero-order valence-electron chi connectivity index (χ0n) is 10.6. The van der Waals surface area contributed by atoms with E-state index >= 15 is 0 Å². The van der Waals surface area contributed by atoms with Gasteiger partial charge in [-0.25, -0.2) is 0 Å². The number of benzene rings is 2. The predicted octanol–water partition coefficient (Wildman–Crippen LogP) is 4.70. The molecule has 0 spiro atoms. The fraction of sp³-hybridized carbons (Fsp3) is 0.200. The maximum absolute atomic E-state index is 6.11. The first kappa shape index (κ1) is 14.4. The number of nitrogens with two attached hydrogens (primary N) is 1. The van der Waals surface area contributed by atoms with Gasteiger partial charge in [0, 0.05) is 4.47 Å². The normalized spacial score (nSPS) is 10.5. The van der Waals surface area contributed by atoms with E-state index in [1.165, 1.54) is 5.56 Å². The van der Waals surface area contributed by atoms with E-state index in [0.29, 0.717) is 17.3 Å². The Kier molecular flexibility index (Phi) is 4.86. The second-order valence-electron chi connectivity index (χ2n) is 4.33. The summed E-state index contributed by atoms with van der Waals surface area (Å²) in [6.45, 7) is 2.63. The van der Waals surface area contributed by atoms with Crippen molar-refractivity contribution in [3.05, 3.63) is 57.0 Å². The van der Waals surface area contributed by atoms with Crippen LogP contribution >= 0.6 is 27.5 Å². The number of aryl methyl sites for hydroxylation is 1. The monoisotopic (exact) mass is 339 g/mol. The van der Waals surface area contributed by atoms with Crippen molar-refractivity contribution in [3.63, 3.8) is 0 Å². The Bertz CT molecular complexity index is 586. The first-order valence-corrected chi connectivity index (χ1v) is 7.20. The van der Waals surface area contributed by atoms with E-state index < -0.39 is 0 Å². The first-order valence-electron chi connectivity index (χ1n) is 6.02. The highest BCUT2D eigenvalue weighted by Crippen LogP contribution is 2.32. The summed E-state index contributed by atoms with van der Waals surface area (Å²) in [7, 11) is 0. The van der Waals surface area contributed by atoms with E-state index in [1.54, 1.807) is 0 Å². The van der Waals surface area contributed by atoms with Gasteiger partial charge < -0.3 is 10.5 Å². The molecular weight excluding hydrogens is 326 g/mol. The Balaban J connectivity index is 2.24. The van der Waals surface area contributed by atoms with Gasteiger partial charge in [0.15, 0.2) is 0 Å². The number of halogens is 2. The van der Waals surface area contributed by atoms with Crippen LogP contribution in [0.5, 0.6) is 11.5 Å². The molecular formula is C15H15BrClNO. The smallest absolute Gasteiger partial charge is 0.146 e. The summed E-state index contributed by atoms with van der Waals surface area (Å²) in [4.78, 5) is 0. The minimum absolute atomic E-state index is 0.604. The summed E-state index contributed by atoms with van der Waals surface area (Å²) in [5, 5.41) is 0.604. The maximum atomic E-state index is 6.11. The van der Waals surface area contributed by atoms with Crippen LogP contribution in [0, 0.1) is 6.92 Å². The third kappa shape index (κ3) is 3.72. The van der Waals surface area contributed by atoms with Gasteiger partial charge in [0.2, 0.25) is 0 Å². The molecule has 0 aliphatic carbocycles. The van der Waals surface area contributed by atoms with Gasteiger partial charge in [0.1, 0.15) is 11.5 Å². The molecule has 100 valence electrons. The number of ether oxygens (including phenoxy) is 1. The molecule has 0 bridgehead atoms. The maximum Gasteiger partial charge on any atom is 0.146 e. The van der Waals surface area contributed by atoms with Crippen LogP contribution in [0.25, 0.3) is 0 Å². The molecule has 4 heteroatoms. The molecule has 2 nitrogen and oxygen atoms in total. The molecule has 0 unspecified atom stereocenters. The van der Waals surface area contributed by atoms with Gasteiger partial charge in [-0.3, -0.25) is 0 Å². The van der Waals surface area contributed by atoms with Crippen LogP contribution in [0.15, 0.2) is 40.9 Å². The summed E-state index contributed by atoms with van der Waals surface area (Å²) in [6, 6.07) is 11.6. The molecule has 0 saturated heterocycles. The molecule has 0 fully saturated rings. The van der Waals surface area contributed by atoms with E-state index in [9.17, 15) is 0 Å². The average Bonchev–Trinajstić information content (AvgIpc) is 2.37. The van der Waals surface area contributed by atoms with Crippen LogP contribution in [0.4, 0.5) is 0 Å². The largest absolute Gasteiger partial charge is 0.456 e. The van der Waals surface area contributed by atoms with Crippen molar-refractivity contribution >= 4 is 27.5 Å². The average molecular weight is 341 g/mol. The van der Waals surface area contributed by atoms with E-state index in [-0.39, 0.29) is 0 Å². The quantitative estimate of drug-likeness (QED) is 0.875. The van der Waals surface area contributed by atoms with Gasteiger partial charge in [-0.15, -0.1) is 0 Å². The third-order valence-electron chi connectivity index (χ3n) is 2.75. The van der Waals surface area contributed by atoms with E-state index in [4.69, 9.17) is 22.1 Å². The van der Waals surface area contributed by atoms with Crippen molar-refractivity contribution < 1.29 is 4.74 Å². The fourth-order valence-corrected chi connectivity index (χ4v) is 2.48. The predicted molar refractivity (Wildman–Crippen MR) is 83.2 cm³/mol. The van der Waals surface area contributed by atoms with Crippen LogP contribution in [0.3, 0.4) is 0 Å². The Labute approximate surface area is 126 Å². The van der Waals surface area contributed by atoms with Crippen molar-refractivity contribution in [2.75, 3.05) is 6.54 Å². The summed E-state index contributed by atoms with van der Waals surface area (Å²) in [5.74, 6) is 1.42. The molecule has 2 N–H and O–H groups in total. The lowest BCUT2D eigenvalue weighted by molar-refractivity contribution is 0.482. The third-order valence-corrected chi connectivity index (χ3v) is 3.80. The Morgan fingerprint density at radius 3 is 2.68 bits per heavy atom. The Hall–Kier alpha value is -1.03. The molecule has 0 saturated carbocycles. The molecule has 2 aromatic rings. The molecule has 0 aromatic heterocycles. The lowest BCUT2D eigenvalue weighted by Crippen LogP contribution is -2.03. The van der Waals surface area contributed by atoms with Crippen molar-refractivity contribution in [2.45, 2.75) is 13.3 Å². The fourth-order valence-electron chi connectivity index (χ4n) is 1.77. The van der Waals surface area contributed by atoms with Crippen LogP contribution in [0.2, 0.25) is 5.02 Å². The highest BCUT2D eigenvalue weighted by Gasteiger charge is 2.06. The minimum atomic E-state index is 0.604. The number of rotatable bonds is 4. The van der Waals surface area contributed by atoms with Crippen molar-refractivity contribution in [1.29, 1.82) is 0 Å². The standard InChI is InChI=1S/C15H15BrClNO/c1-10-2-5-14(17)15(8-10)19-12-4-3-11(6-7-18)13(16)9-12/h2-5,8-9H,6-7,18H2,1H3. The van der Waals surface area contributed by atoms with Crippen LogP contribution < -0.4 is 10.5 Å². The lowest BCUT2D eigenvalue weighted by Gasteiger charge is -2.10. The molecule has 0 amide bonds. The first-order chi connectivity index (χ1) is 9.10. The zero-order chi connectivity index (χ0) is 13.8. The summed E-state index contributed by atoms with van der Waals surface area (Å²) >= 11 is 9.64. The molecule has 0 heterocycles. The second kappa shape index (κ2) is 6.42. The summed E-state index contributed by atoms with van der Waals surface area (Å²) in [5.41, 5.74) is 7.84. The zero-order valence-corrected chi connectivity index (χ0v) is 13.0. The van der Waals surface area contributed by atoms with Crippen molar-refractivity contribution in [3.8, 4) is 11.5 Å². The van der Waals surface area contributed by atoms with Gasteiger partial charge in [0.05, 0.1) is 5.02 Å². The van der Waals surface area contributed by atoms with Gasteiger partial charge in [0.25, 0.3) is 0 Å². The van der Waals surface area contributed by atoms with E-state index in [2.05, 4.69) is 15.9 Å². The van der Waals surface area contributed by atoms with Gasteiger partial charge in [-0.1, -0.05) is 39.7 Å². The van der Waals surface area contributed by atoms with Gasteiger partial charge >= 0.3 is 0 Å². The van der Waals surface area contributed by atoms with E-state index in [1.807, 2.05) is 43.3 Å². The molecule has 19 heavy (non-hydrogen) atoms. The SMILES string of the molecule is Cc1ccc(Cl)c(Oc2ccc(CCN)c(Br)c2)c1. The minimum Gasteiger partial charge on any atom is -0.456 e. The molecule has 2 aromatic carbocycles. The lowest BCUT2D eigenvalue weighted by atomic mass is 10.1.